The Labute approximate surface area is 159 Å². The second kappa shape index (κ2) is 7.06. The molecule has 0 unspecified atom stereocenters. The van der Waals surface area contributed by atoms with Gasteiger partial charge in [-0.15, -0.1) is 0 Å². The molecule has 2 aliphatic rings. The molecule has 2 atom stereocenters. The van der Waals surface area contributed by atoms with Gasteiger partial charge in [-0.25, -0.2) is 8.93 Å². The largest absolute Gasteiger partial charge is 0.345 e. The van der Waals surface area contributed by atoms with Gasteiger partial charge in [-0.3, -0.25) is 4.79 Å². The van der Waals surface area contributed by atoms with Crippen molar-refractivity contribution >= 4 is 16.9 Å². The van der Waals surface area contributed by atoms with Crippen LogP contribution in [0.3, 0.4) is 0 Å². The zero-order chi connectivity index (χ0) is 19.1. The first kappa shape index (κ1) is 19.5. The topological polar surface area (TPSA) is 61.4 Å². The highest BCUT2D eigenvalue weighted by molar-refractivity contribution is 7.84. The fourth-order valence-corrected chi connectivity index (χ4v) is 5.05. The van der Waals surface area contributed by atoms with Gasteiger partial charge in [0.05, 0.1) is 21.8 Å². The van der Waals surface area contributed by atoms with E-state index in [1.807, 2.05) is 32.9 Å². The standard InChI is InChI=1S/C20H31N3O2S/c1-19(2,3)26(25)22-17-16-7-6-14(18(24)23(4)5)12-15(16)13-20(17)8-10-21-11-9-20/h6-7,12,17,21-22H,8-11,13H2,1-5H3/t17-,26-/m1/s1. The zero-order valence-electron chi connectivity index (χ0n) is 16.5. The number of carbonyl (C=O) groups excluding carboxylic acids is 1. The highest BCUT2D eigenvalue weighted by atomic mass is 32.2. The van der Waals surface area contributed by atoms with Crippen molar-refractivity contribution in [2.45, 2.75) is 50.8 Å². The van der Waals surface area contributed by atoms with Gasteiger partial charge >= 0.3 is 0 Å². The molecule has 1 aliphatic heterocycles. The summed E-state index contributed by atoms with van der Waals surface area (Å²) < 4.78 is 16.0. The van der Waals surface area contributed by atoms with Crippen molar-refractivity contribution in [3.05, 3.63) is 34.9 Å². The summed E-state index contributed by atoms with van der Waals surface area (Å²) in [5, 5.41) is 3.45. The van der Waals surface area contributed by atoms with Crippen molar-refractivity contribution in [2.24, 2.45) is 5.41 Å². The van der Waals surface area contributed by atoms with E-state index in [9.17, 15) is 9.00 Å². The molecule has 1 heterocycles. The smallest absolute Gasteiger partial charge is 0.253 e. The van der Waals surface area contributed by atoms with Crippen LogP contribution in [0.15, 0.2) is 18.2 Å². The summed E-state index contributed by atoms with van der Waals surface area (Å²) >= 11 is 0. The lowest BCUT2D eigenvalue weighted by Crippen LogP contribution is -2.46. The maximum Gasteiger partial charge on any atom is 0.253 e. The molecule has 1 amide bonds. The van der Waals surface area contributed by atoms with Crippen LogP contribution in [0.2, 0.25) is 0 Å². The van der Waals surface area contributed by atoms with Crippen LogP contribution in [0.4, 0.5) is 0 Å². The van der Waals surface area contributed by atoms with Gasteiger partial charge in [-0.05, 0) is 81.8 Å². The minimum absolute atomic E-state index is 0.0295. The van der Waals surface area contributed by atoms with Crippen LogP contribution >= 0.6 is 0 Å². The predicted molar refractivity (Wildman–Crippen MR) is 106 cm³/mol. The van der Waals surface area contributed by atoms with Crippen LogP contribution in [0, 0.1) is 5.41 Å². The third-order valence-electron chi connectivity index (χ3n) is 5.64. The number of fused-ring (bicyclic) bond motifs is 1. The van der Waals surface area contributed by atoms with E-state index < -0.39 is 11.0 Å². The maximum absolute atomic E-state index is 12.8. The lowest BCUT2D eigenvalue weighted by Gasteiger charge is -2.40. The van der Waals surface area contributed by atoms with E-state index in [1.54, 1.807) is 19.0 Å². The lowest BCUT2D eigenvalue weighted by molar-refractivity contribution is 0.0827. The molecule has 1 aliphatic carbocycles. The van der Waals surface area contributed by atoms with Gasteiger partial charge in [0.2, 0.25) is 0 Å². The molecule has 1 aromatic carbocycles. The summed E-state index contributed by atoms with van der Waals surface area (Å²) in [5.41, 5.74) is 3.24. The second-order valence-corrected chi connectivity index (χ2v) is 10.8. The number of nitrogens with one attached hydrogen (secondary N) is 2. The number of benzene rings is 1. The number of hydrogen-bond acceptors (Lipinski definition) is 3. The Morgan fingerprint density at radius 3 is 2.50 bits per heavy atom. The fourth-order valence-electron chi connectivity index (χ4n) is 4.11. The molecule has 5 nitrogen and oxygen atoms in total. The fraction of sp³-hybridized carbons (Fsp3) is 0.650. The first-order valence-electron chi connectivity index (χ1n) is 9.37. The van der Waals surface area contributed by atoms with Crippen molar-refractivity contribution in [3.8, 4) is 0 Å². The van der Waals surface area contributed by atoms with Crippen molar-refractivity contribution < 1.29 is 9.00 Å². The molecule has 144 valence electrons. The number of amides is 1. The Bertz CT molecular complexity index is 718. The third kappa shape index (κ3) is 3.59. The molecular weight excluding hydrogens is 346 g/mol. The number of nitrogens with zero attached hydrogens (tertiary/aromatic N) is 1. The summed E-state index contributed by atoms with van der Waals surface area (Å²) in [7, 11) is 2.43. The summed E-state index contributed by atoms with van der Waals surface area (Å²) in [6, 6.07) is 6.10. The van der Waals surface area contributed by atoms with Crippen molar-refractivity contribution in [2.75, 3.05) is 27.2 Å². The summed E-state index contributed by atoms with van der Waals surface area (Å²) in [5.74, 6) is 0.0295. The second-order valence-electron chi connectivity index (χ2n) is 8.83. The van der Waals surface area contributed by atoms with Gasteiger partial charge in [-0.1, -0.05) is 6.07 Å². The Kier molecular flexibility index (Phi) is 5.30. The van der Waals surface area contributed by atoms with Crippen LogP contribution in [-0.2, 0) is 17.4 Å². The van der Waals surface area contributed by atoms with Gasteiger partial charge in [0.15, 0.2) is 0 Å². The van der Waals surface area contributed by atoms with Gasteiger partial charge < -0.3 is 10.2 Å². The van der Waals surface area contributed by atoms with Crippen LogP contribution in [-0.4, -0.2) is 46.9 Å². The molecule has 26 heavy (non-hydrogen) atoms. The average Bonchev–Trinajstić information content (AvgIpc) is 2.86. The Balaban J connectivity index is 1.97. The van der Waals surface area contributed by atoms with Crippen LogP contribution in [0.1, 0.15) is 61.1 Å². The molecule has 0 bridgehead atoms. The first-order chi connectivity index (χ1) is 12.1. The van der Waals surface area contributed by atoms with E-state index in [4.69, 9.17) is 0 Å². The van der Waals surface area contributed by atoms with E-state index in [2.05, 4.69) is 16.1 Å². The van der Waals surface area contributed by atoms with E-state index in [-0.39, 0.29) is 22.1 Å². The normalized spacial score (nSPS) is 22.9. The number of hydrogen-bond donors (Lipinski definition) is 2. The first-order valence-corrected chi connectivity index (χ1v) is 10.5. The Morgan fingerprint density at radius 2 is 1.92 bits per heavy atom. The van der Waals surface area contributed by atoms with E-state index in [0.717, 1.165) is 37.9 Å². The molecule has 0 radical (unpaired) electrons. The van der Waals surface area contributed by atoms with E-state index in [1.165, 1.54) is 11.1 Å². The van der Waals surface area contributed by atoms with Crippen LogP contribution < -0.4 is 10.0 Å². The Morgan fingerprint density at radius 1 is 1.27 bits per heavy atom. The number of piperidine rings is 1. The zero-order valence-corrected chi connectivity index (χ0v) is 17.3. The molecule has 1 saturated heterocycles. The lowest BCUT2D eigenvalue weighted by atomic mass is 9.73. The number of rotatable bonds is 3. The van der Waals surface area contributed by atoms with Crippen LogP contribution in [0.5, 0.6) is 0 Å². The van der Waals surface area contributed by atoms with E-state index in [0.29, 0.717) is 0 Å². The molecule has 0 aromatic heterocycles. The molecule has 2 N–H and O–H groups in total. The molecule has 1 fully saturated rings. The summed E-state index contributed by atoms with van der Waals surface area (Å²) in [6.45, 7) is 7.97. The van der Waals surface area contributed by atoms with Gasteiger partial charge in [0.25, 0.3) is 5.91 Å². The maximum atomic E-state index is 12.8. The summed E-state index contributed by atoms with van der Waals surface area (Å²) in [4.78, 5) is 14.0. The minimum atomic E-state index is -1.13. The monoisotopic (exact) mass is 377 g/mol. The van der Waals surface area contributed by atoms with Gasteiger partial charge in [0.1, 0.15) is 0 Å². The third-order valence-corrected chi connectivity index (χ3v) is 7.20. The van der Waals surface area contributed by atoms with Crippen molar-refractivity contribution in [1.29, 1.82) is 0 Å². The van der Waals surface area contributed by atoms with Crippen molar-refractivity contribution in [3.63, 3.8) is 0 Å². The summed E-state index contributed by atoms with van der Waals surface area (Å²) in [6.07, 6.45) is 3.05. The van der Waals surface area contributed by atoms with E-state index >= 15 is 0 Å². The highest BCUT2D eigenvalue weighted by Crippen LogP contribution is 2.51. The van der Waals surface area contributed by atoms with Gasteiger partial charge in [0, 0.05) is 19.7 Å². The quantitative estimate of drug-likeness (QED) is 0.850. The van der Waals surface area contributed by atoms with Crippen LogP contribution in [0.25, 0.3) is 0 Å². The number of carbonyl (C=O) groups is 1. The molecule has 6 heteroatoms. The van der Waals surface area contributed by atoms with Gasteiger partial charge in [-0.2, -0.15) is 0 Å². The van der Waals surface area contributed by atoms with Crippen molar-refractivity contribution in [1.82, 2.24) is 14.9 Å². The molecule has 3 rings (SSSR count). The molecular formula is C20H31N3O2S. The SMILES string of the molecule is CN(C)C(=O)c1ccc2c(c1)CC1(CCNCC1)[C@@H]2N[S@](=O)C(C)(C)C. The molecule has 0 saturated carbocycles. The Hall–Kier alpha value is -1.24. The molecule has 1 spiro atoms. The average molecular weight is 378 g/mol. The predicted octanol–water partition coefficient (Wildman–Crippen LogP) is 2.41. The molecule has 1 aromatic rings. The minimum Gasteiger partial charge on any atom is -0.345 e. The highest BCUT2D eigenvalue weighted by Gasteiger charge is 2.47.